The SMILES string of the molecule is CC(C)(C)C(O)Cc1ncc(Cl)cc1[N+](=O)[O-]. The van der Waals surface area contributed by atoms with Gasteiger partial charge in [-0.3, -0.25) is 15.1 Å². The topological polar surface area (TPSA) is 76.3 Å². The normalized spacial score (nSPS) is 13.5. The van der Waals surface area contributed by atoms with Gasteiger partial charge in [-0.2, -0.15) is 0 Å². The average Bonchev–Trinajstić information content (AvgIpc) is 2.18. The van der Waals surface area contributed by atoms with Gasteiger partial charge in [-0.15, -0.1) is 0 Å². The van der Waals surface area contributed by atoms with Crippen molar-refractivity contribution in [3.63, 3.8) is 0 Å². The van der Waals surface area contributed by atoms with Crippen LogP contribution in [0.5, 0.6) is 0 Å². The van der Waals surface area contributed by atoms with Gasteiger partial charge in [0.25, 0.3) is 5.69 Å². The maximum absolute atomic E-state index is 10.8. The molecule has 0 aromatic carbocycles. The molecule has 1 unspecified atom stereocenters. The molecule has 1 atom stereocenters. The first kappa shape index (κ1) is 13.9. The van der Waals surface area contributed by atoms with Gasteiger partial charge in [0.2, 0.25) is 0 Å². The van der Waals surface area contributed by atoms with Crippen LogP contribution in [-0.4, -0.2) is 21.1 Å². The molecule has 6 heteroatoms. The van der Waals surface area contributed by atoms with E-state index in [0.717, 1.165) is 0 Å². The van der Waals surface area contributed by atoms with Crippen LogP contribution in [0.3, 0.4) is 0 Å². The number of halogens is 1. The van der Waals surface area contributed by atoms with Crippen LogP contribution in [0, 0.1) is 15.5 Å². The summed E-state index contributed by atoms with van der Waals surface area (Å²) in [6.07, 6.45) is 0.783. The van der Waals surface area contributed by atoms with Gasteiger partial charge < -0.3 is 5.11 Å². The van der Waals surface area contributed by atoms with Gasteiger partial charge in [-0.1, -0.05) is 32.4 Å². The third kappa shape index (κ3) is 3.64. The Labute approximate surface area is 105 Å². The standard InChI is InChI=1S/C11H15ClN2O3/c1-11(2,3)10(15)5-8-9(14(16)17)4-7(12)6-13-8/h4,6,10,15H,5H2,1-3H3. The summed E-state index contributed by atoms with van der Waals surface area (Å²) >= 11 is 5.66. The van der Waals surface area contributed by atoms with Gasteiger partial charge in [-0.05, 0) is 5.41 Å². The molecule has 0 saturated heterocycles. The zero-order valence-corrected chi connectivity index (χ0v) is 10.7. The number of rotatable bonds is 3. The molecule has 94 valence electrons. The van der Waals surface area contributed by atoms with E-state index in [2.05, 4.69) is 4.98 Å². The number of aliphatic hydroxyl groups excluding tert-OH is 1. The third-order valence-corrected chi connectivity index (χ3v) is 2.70. The molecular weight excluding hydrogens is 244 g/mol. The highest BCUT2D eigenvalue weighted by Gasteiger charge is 2.26. The van der Waals surface area contributed by atoms with Crippen LogP contribution in [0.4, 0.5) is 5.69 Å². The summed E-state index contributed by atoms with van der Waals surface area (Å²) < 4.78 is 0. The quantitative estimate of drug-likeness (QED) is 0.668. The third-order valence-electron chi connectivity index (χ3n) is 2.50. The van der Waals surface area contributed by atoms with Crippen LogP contribution in [0.2, 0.25) is 5.02 Å². The summed E-state index contributed by atoms with van der Waals surface area (Å²) in [5.74, 6) is 0. The molecule has 1 aromatic rings. The molecule has 17 heavy (non-hydrogen) atoms. The highest BCUT2D eigenvalue weighted by Crippen LogP contribution is 2.27. The van der Waals surface area contributed by atoms with Crippen molar-refractivity contribution in [1.82, 2.24) is 4.98 Å². The predicted octanol–water partition coefficient (Wildman–Crippen LogP) is 2.59. The summed E-state index contributed by atoms with van der Waals surface area (Å²) in [5.41, 5.74) is -0.252. The minimum atomic E-state index is -0.699. The highest BCUT2D eigenvalue weighted by molar-refractivity contribution is 6.30. The Morgan fingerprint density at radius 2 is 2.18 bits per heavy atom. The second-order valence-corrected chi connectivity index (χ2v) is 5.40. The minimum absolute atomic E-state index is 0.136. The van der Waals surface area contributed by atoms with E-state index >= 15 is 0 Å². The molecule has 0 radical (unpaired) electrons. The summed E-state index contributed by atoms with van der Waals surface area (Å²) in [5, 5.41) is 21.0. The molecule has 0 saturated carbocycles. The van der Waals surface area contributed by atoms with Crippen molar-refractivity contribution in [2.75, 3.05) is 0 Å². The Morgan fingerprint density at radius 1 is 1.59 bits per heavy atom. The van der Waals surface area contributed by atoms with Crippen LogP contribution in [0.25, 0.3) is 0 Å². The number of aromatic nitrogens is 1. The first-order valence-corrected chi connectivity index (χ1v) is 5.56. The number of hydrogen-bond donors (Lipinski definition) is 1. The zero-order chi connectivity index (χ0) is 13.2. The van der Waals surface area contributed by atoms with Crippen molar-refractivity contribution in [3.8, 4) is 0 Å². The number of hydrogen-bond acceptors (Lipinski definition) is 4. The molecule has 0 aliphatic rings. The fourth-order valence-electron chi connectivity index (χ4n) is 1.26. The molecule has 1 aromatic heterocycles. The Hall–Kier alpha value is -1.20. The maximum atomic E-state index is 10.8. The number of pyridine rings is 1. The van der Waals surface area contributed by atoms with E-state index in [1.807, 2.05) is 20.8 Å². The molecule has 1 heterocycles. The van der Waals surface area contributed by atoms with Crippen molar-refractivity contribution >= 4 is 17.3 Å². The molecule has 1 rings (SSSR count). The largest absolute Gasteiger partial charge is 0.392 e. The smallest absolute Gasteiger partial charge is 0.292 e. The van der Waals surface area contributed by atoms with E-state index in [4.69, 9.17) is 11.6 Å². The van der Waals surface area contributed by atoms with Gasteiger partial charge in [0, 0.05) is 18.7 Å². The van der Waals surface area contributed by atoms with Crippen LogP contribution in [-0.2, 0) is 6.42 Å². The summed E-state index contributed by atoms with van der Waals surface area (Å²) in [6, 6.07) is 1.25. The first-order chi connectivity index (χ1) is 7.71. The summed E-state index contributed by atoms with van der Waals surface area (Å²) in [4.78, 5) is 14.2. The Morgan fingerprint density at radius 3 is 2.65 bits per heavy atom. The second-order valence-electron chi connectivity index (χ2n) is 4.96. The van der Waals surface area contributed by atoms with Crippen molar-refractivity contribution < 1.29 is 10.0 Å². The molecule has 5 nitrogen and oxygen atoms in total. The molecule has 1 N–H and O–H groups in total. The van der Waals surface area contributed by atoms with E-state index in [1.54, 1.807) is 0 Å². The van der Waals surface area contributed by atoms with E-state index in [0.29, 0.717) is 0 Å². The summed E-state index contributed by atoms with van der Waals surface area (Å²) in [7, 11) is 0. The van der Waals surface area contributed by atoms with E-state index in [1.165, 1.54) is 12.3 Å². The van der Waals surface area contributed by atoms with E-state index < -0.39 is 11.0 Å². The zero-order valence-electron chi connectivity index (χ0n) is 9.98. The van der Waals surface area contributed by atoms with Crippen molar-refractivity contribution in [1.29, 1.82) is 0 Å². The Balaban J connectivity index is 3.03. The molecule has 0 bridgehead atoms. The molecule has 0 fully saturated rings. The number of aliphatic hydroxyl groups is 1. The van der Waals surface area contributed by atoms with Gasteiger partial charge >= 0.3 is 0 Å². The lowest BCUT2D eigenvalue weighted by atomic mass is 9.86. The fourth-order valence-corrected chi connectivity index (χ4v) is 1.41. The van der Waals surface area contributed by atoms with Crippen LogP contribution in [0.15, 0.2) is 12.3 Å². The lowest BCUT2D eigenvalue weighted by molar-refractivity contribution is -0.386. The van der Waals surface area contributed by atoms with Gasteiger partial charge in [0.15, 0.2) is 0 Å². The van der Waals surface area contributed by atoms with Crippen molar-refractivity contribution in [2.45, 2.75) is 33.3 Å². The van der Waals surface area contributed by atoms with Gasteiger partial charge in [0.05, 0.1) is 16.0 Å². The molecule has 0 spiro atoms. The maximum Gasteiger partial charge on any atom is 0.292 e. The molecule has 0 aliphatic carbocycles. The van der Waals surface area contributed by atoms with Crippen LogP contribution >= 0.6 is 11.6 Å². The second kappa shape index (κ2) is 4.98. The molecule has 0 amide bonds. The highest BCUT2D eigenvalue weighted by atomic mass is 35.5. The lowest BCUT2D eigenvalue weighted by Gasteiger charge is -2.25. The number of nitro groups is 1. The number of nitrogens with zero attached hydrogens (tertiary/aromatic N) is 2. The minimum Gasteiger partial charge on any atom is -0.392 e. The predicted molar refractivity (Wildman–Crippen MR) is 65.1 cm³/mol. The van der Waals surface area contributed by atoms with Gasteiger partial charge in [-0.25, -0.2) is 0 Å². The monoisotopic (exact) mass is 258 g/mol. The van der Waals surface area contributed by atoms with E-state index in [-0.39, 0.29) is 28.2 Å². The van der Waals surface area contributed by atoms with E-state index in [9.17, 15) is 15.2 Å². The van der Waals surface area contributed by atoms with Gasteiger partial charge in [0.1, 0.15) is 5.69 Å². The first-order valence-electron chi connectivity index (χ1n) is 5.18. The lowest BCUT2D eigenvalue weighted by Crippen LogP contribution is -2.28. The van der Waals surface area contributed by atoms with Crippen LogP contribution < -0.4 is 0 Å². The van der Waals surface area contributed by atoms with Crippen LogP contribution in [0.1, 0.15) is 26.5 Å². The average molecular weight is 259 g/mol. The van der Waals surface area contributed by atoms with Crippen molar-refractivity contribution in [3.05, 3.63) is 33.1 Å². The Kier molecular flexibility index (Phi) is 4.06. The molecular formula is C11H15ClN2O3. The Bertz CT molecular complexity index is 429. The molecule has 0 aliphatic heterocycles. The fraction of sp³-hybridized carbons (Fsp3) is 0.545. The van der Waals surface area contributed by atoms with Crippen molar-refractivity contribution in [2.24, 2.45) is 5.41 Å². The summed E-state index contributed by atoms with van der Waals surface area (Å²) in [6.45, 7) is 5.58.